The van der Waals surface area contributed by atoms with Gasteiger partial charge in [-0.15, -0.1) is 0 Å². The molecule has 1 aliphatic rings. The Morgan fingerprint density at radius 3 is 2.41 bits per heavy atom. The quantitative estimate of drug-likeness (QED) is 0.615. The Hall–Kier alpha value is -3.52. The van der Waals surface area contributed by atoms with E-state index in [1.54, 1.807) is 18.2 Å². The molecule has 0 unspecified atom stereocenters. The van der Waals surface area contributed by atoms with E-state index in [0.29, 0.717) is 24.5 Å². The summed E-state index contributed by atoms with van der Waals surface area (Å²) >= 11 is 0. The molecule has 2 heterocycles. The van der Waals surface area contributed by atoms with Crippen molar-refractivity contribution in [3.63, 3.8) is 0 Å². The Balaban J connectivity index is 1.24. The van der Waals surface area contributed by atoms with Crippen LogP contribution in [-0.2, 0) is 11.3 Å². The van der Waals surface area contributed by atoms with Gasteiger partial charge in [0.15, 0.2) is 0 Å². The lowest BCUT2D eigenvalue weighted by molar-refractivity contribution is -0.121. The monoisotopic (exact) mass is 435 g/mol. The lowest BCUT2D eigenvalue weighted by Gasteiger charge is -2.36. The molecule has 4 rings (SSSR count). The molecule has 0 aliphatic carbocycles. The average molecular weight is 436 g/mol. The van der Waals surface area contributed by atoms with Crippen LogP contribution in [0.2, 0.25) is 0 Å². The molecule has 0 atom stereocenters. The zero-order valence-corrected chi connectivity index (χ0v) is 17.8. The Morgan fingerprint density at radius 1 is 0.938 bits per heavy atom. The van der Waals surface area contributed by atoms with Crippen LogP contribution in [0.15, 0.2) is 71.5 Å². The summed E-state index contributed by atoms with van der Waals surface area (Å²) in [4.78, 5) is 28.7. The van der Waals surface area contributed by atoms with Gasteiger partial charge in [-0.25, -0.2) is 9.07 Å². The highest BCUT2D eigenvalue weighted by atomic mass is 19.1. The van der Waals surface area contributed by atoms with Crippen LogP contribution in [0.5, 0.6) is 0 Å². The minimum atomic E-state index is -0.316. The highest BCUT2D eigenvalue weighted by molar-refractivity contribution is 5.75. The number of para-hydroxylation sites is 1. The van der Waals surface area contributed by atoms with Crippen LogP contribution in [0.1, 0.15) is 0 Å². The summed E-state index contributed by atoms with van der Waals surface area (Å²) in [7, 11) is 0. The number of piperazine rings is 1. The normalized spacial score (nSPS) is 14.3. The molecule has 3 aromatic rings. The van der Waals surface area contributed by atoms with E-state index < -0.39 is 0 Å². The van der Waals surface area contributed by atoms with Gasteiger partial charge in [-0.2, -0.15) is 5.10 Å². The fourth-order valence-electron chi connectivity index (χ4n) is 3.79. The van der Waals surface area contributed by atoms with Crippen LogP contribution in [0, 0.1) is 5.82 Å². The highest BCUT2D eigenvalue weighted by Crippen LogP contribution is 2.20. The smallest absolute Gasteiger partial charge is 0.267 e. The maximum absolute atomic E-state index is 14.0. The third-order valence-electron chi connectivity index (χ3n) is 5.55. The zero-order valence-electron chi connectivity index (χ0n) is 17.8. The number of hydrogen-bond donors (Lipinski definition) is 1. The topological polar surface area (TPSA) is 70.5 Å². The summed E-state index contributed by atoms with van der Waals surface area (Å²) in [6.07, 6.45) is 0. The molecule has 8 heteroatoms. The van der Waals surface area contributed by atoms with Crippen molar-refractivity contribution in [2.75, 3.05) is 44.2 Å². The molecule has 1 saturated heterocycles. The third kappa shape index (κ3) is 5.39. The average Bonchev–Trinajstić information content (AvgIpc) is 2.82. The summed E-state index contributed by atoms with van der Waals surface area (Å²) in [5.41, 5.74) is 1.85. The van der Waals surface area contributed by atoms with Gasteiger partial charge in [0.1, 0.15) is 12.4 Å². The van der Waals surface area contributed by atoms with E-state index in [4.69, 9.17) is 0 Å². The van der Waals surface area contributed by atoms with E-state index in [1.807, 2.05) is 41.3 Å². The number of rotatable bonds is 7. The molecular weight excluding hydrogens is 409 g/mol. The van der Waals surface area contributed by atoms with Crippen molar-refractivity contribution < 1.29 is 9.18 Å². The summed E-state index contributed by atoms with van der Waals surface area (Å²) in [6, 6.07) is 19.4. The summed E-state index contributed by atoms with van der Waals surface area (Å²) < 4.78 is 15.1. The van der Waals surface area contributed by atoms with E-state index in [1.165, 1.54) is 16.8 Å². The number of benzene rings is 2. The van der Waals surface area contributed by atoms with Gasteiger partial charge in [0.25, 0.3) is 5.56 Å². The molecule has 0 saturated carbocycles. The van der Waals surface area contributed by atoms with Gasteiger partial charge >= 0.3 is 0 Å². The molecule has 0 spiro atoms. The second-order valence-corrected chi connectivity index (χ2v) is 7.71. The van der Waals surface area contributed by atoms with Gasteiger partial charge in [-0.3, -0.25) is 14.5 Å². The van der Waals surface area contributed by atoms with Gasteiger partial charge in [0.05, 0.1) is 11.4 Å². The van der Waals surface area contributed by atoms with E-state index >= 15 is 0 Å². The maximum Gasteiger partial charge on any atom is 0.267 e. The van der Waals surface area contributed by atoms with Crippen LogP contribution >= 0.6 is 0 Å². The first kappa shape index (κ1) is 21.7. The summed E-state index contributed by atoms with van der Waals surface area (Å²) in [5.74, 6) is -0.455. The van der Waals surface area contributed by atoms with Gasteiger partial charge < -0.3 is 10.2 Å². The molecule has 7 nitrogen and oxygen atoms in total. The van der Waals surface area contributed by atoms with Gasteiger partial charge in [-0.1, -0.05) is 42.5 Å². The molecule has 32 heavy (non-hydrogen) atoms. The first-order valence-electron chi connectivity index (χ1n) is 10.7. The lowest BCUT2D eigenvalue weighted by Crippen LogP contribution is -2.49. The number of nitrogens with one attached hydrogen (secondary N) is 1. The molecule has 166 valence electrons. The molecule has 1 aliphatic heterocycles. The Labute approximate surface area is 186 Å². The molecule has 0 radical (unpaired) electrons. The number of aromatic nitrogens is 2. The van der Waals surface area contributed by atoms with Crippen LogP contribution in [0.4, 0.5) is 10.1 Å². The van der Waals surface area contributed by atoms with Crippen molar-refractivity contribution in [3.8, 4) is 11.3 Å². The number of carbonyl (C=O) groups is 1. The molecule has 2 aromatic carbocycles. The summed E-state index contributed by atoms with van der Waals surface area (Å²) in [6.45, 7) is 4.12. The van der Waals surface area contributed by atoms with Crippen molar-refractivity contribution >= 4 is 11.6 Å². The number of amides is 1. The minimum absolute atomic E-state index is 0.124. The lowest BCUT2D eigenvalue weighted by atomic mass is 10.1. The fourth-order valence-corrected chi connectivity index (χ4v) is 3.79. The zero-order chi connectivity index (χ0) is 22.3. The number of nitrogens with zero attached hydrogens (tertiary/aromatic N) is 4. The van der Waals surface area contributed by atoms with Crippen molar-refractivity contribution in [2.45, 2.75) is 6.54 Å². The largest absolute Gasteiger partial charge is 0.367 e. The fraction of sp³-hybridized carbons (Fsp3) is 0.292. The van der Waals surface area contributed by atoms with Crippen LogP contribution in [0.25, 0.3) is 11.3 Å². The summed E-state index contributed by atoms with van der Waals surface area (Å²) in [5, 5.41) is 7.18. The molecule has 1 amide bonds. The maximum atomic E-state index is 14.0. The molecule has 1 aromatic heterocycles. The van der Waals surface area contributed by atoms with Crippen molar-refractivity contribution in [3.05, 3.63) is 82.9 Å². The number of halogens is 1. The second-order valence-electron chi connectivity index (χ2n) is 7.71. The molecule has 1 fully saturated rings. The first-order chi connectivity index (χ1) is 15.6. The Kier molecular flexibility index (Phi) is 6.91. The highest BCUT2D eigenvalue weighted by Gasteiger charge is 2.19. The van der Waals surface area contributed by atoms with Crippen LogP contribution in [-0.4, -0.2) is 59.9 Å². The second kappa shape index (κ2) is 10.2. The van der Waals surface area contributed by atoms with E-state index in [2.05, 4.69) is 15.3 Å². The SMILES string of the molecule is O=C(Cn1nc(-c2ccccc2)ccc1=O)NCCN1CCN(c2ccccc2F)CC1. The number of anilines is 1. The first-order valence-corrected chi connectivity index (χ1v) is 10.7. The van der Waals surface area contributed by atoms with E-state index in [0.717, 1.165) is 31.7 Å². The predicted octanol–water partition coefficient (Wildman–Crippen LogP) is 1.99. The van der Waals surface area contributed by atoms with E-state index in [9.17, 15) is 14.0 Å². The number of hydrogen-bond acceptors (Lipinski definition) is 5. The predicted molar refractivity (Wildman–Crippen MR) is 122 cm³/mol. The van der Waals surface area contributed by atoms with Crippen molar-refractivity contribution in [1.29, 1.82) is 0 Å². The van der Waals surface area contributed by atoms with E-state index in [-0.39, 0.29) is 23.8 Å². The van der Waals surface area contributed by atoms with Gasteiger partial charge in [0.2, 0.25) is 5.91 Å². The van der Waals surface area contributed by atoms with Crippen LogP contribution < -0.4 is 15.8 Å². The van der Waals surface area contributed by atoms with Gasteiger partial charge in [0, 0.05) is 50.9 Å². The number of carbonyl (C=O) groups excluding carboxylic acids is 1. The van der Waals surface area contributed by atoms with Gasteiger partial charge in [-0.05, 0) is 18.2 Å². The third-order valence-corrected chi connectivity index (χ3v) is 5.55. The Morgan fingerprint density at radius 2 is 1.66 bits per heavy atom. The molecule has 0 bridgehead atoms. The standard InChI is InChI=1S/C24H26FN5O2/c25-20-8-4-5-9-22(20)29-16-14-28(15-17-29)13-12-26-23(31)18-30-24(32)11-10-21(27-30)19-6-2-1-3-7-19/h1-11H,12-18H2,(H,26,31). The Bertz CT molecular complexity index is 1110. The molecule has 1 N–H and O–H groups in total. The van der Waals surface area contributed by atoms with Crippen molar-refractivity contribution in [2.24, 2.45) is 0 Å². The van der Waals surface area contributed by atoms with Crippen molar-refractivity contribution in [1.82, 2.24) is 20.0 Å². The van der Waals surface area contributed by atoms with Crippen LogP contribution in [0.3, 0.4) is 0 Å². The minimum Gasteiger partial charge on any atom is -0.367 e. The molecular formula is C24H26FN5O2.